The molecule has 3 aliphatic rings. The lowest BCUT2D eigenvalue weighted by Gasteiger charge is -2.34. The van der Waals surface area contributed by atoms with Crippen LogP contribution in [0.2, 0.25) is 0 Å². The number of likely N-dealkylation sites (tertiary alicyclic amines) is 1. The summed E-state index contributed by atoms with van der Waals surface area (Å²) in [5.74, 6) is 1.44. The number of piperidine rings is 1. The highest BCUT2D eigenvalue weighted by atomic mass is 32.2. The van der Waals surface area contributed by atoms with Crippen molar-refractivity contribution in [2.75, 3.05) is 38.6 Å². The molecule has 1 N–H and O–H groups in total. The van der Waals surface area contributed by atoms with Crippen LogP contribution in [-0.2, 0) is 14.3 Å². The van der Waals surface area contributed by atoms with Gasteiger partial charge in [0.2, 0.25) is 5.91 Å². The van der Waals surface area contributed by atoms with E-state index in [1.807, 2.05) is 29.2 Å². The number of amides is 2. The third kappa shape index (κ3) is 6.24. The van der Waals surface area contributed by atoms with E-state index in [0.717, 1.165) is 24.3 Å². The average Bonchev–Trinajstić information content (AvgIpc) is 3.37. The zero-order chi connectivity index (χ0) is 21.5. The van der Waals surface area contributed by atoms with Gasteiger partial charge in [-0.25, -0.2) is 0 Å². The summed E-state index contributed by atoms with van der Waals surface area (Å²) >= 11 is 1.46. The molecule has 0 spiro atoms. The Hall–Kier alpha value is -1.57. The second-order valence-electron chi connectivity index (χ2n) is 8.83. The number of carbonyl (C=O) groups excluding carboxylic acids is 2. The van der Waals surface area contributed by atoms with Crippen LogP contribution in [-0.4, -0.2) is 61.6 Å². The molecule has 7 heteroatoms. The van der Waals surface area contributed by atoms with Crippen molar-refractivity contribution in [2.45, 2.75) is 56.1 Å². The molecule has 31 heavy (non-hydrogen) atoms. The fraction of sp³-hybridized carbons (Fsp3) is 0.667. The maximum atomic E-state index is 13.2. The fourth-order valence-corrected chi connectivity index (χ4v) is 5.68. The van der Waals surface area contributed by atoms with E-state index >= 15 is 0 Å². The quantitative estimate of drug-likeness (QED) is 0.647. The van der Waals surface area contributed by atoms with E-state index in [1.54, 1.807) is 0 Å². The van der Waals surface area contributed by atoms with Crippen molar-refractivity contribution in [1.82, 2.24) is 10.2 Å². The van der Waals surface area contributed by atoms with Crippen molar-refractivity contribution < 1.29 is 19.1 Å². The standard InChI is InChI=1S/C24H34N2O4S/c27-22(25-16-18-6-2-1-3-7-18)17-31-21-9-5-4-8-20(21)23(28)26-12-10-19(11-13-26)24-29-14-15-30-24/h4-5,8-9,18-19,24H,1-3,6-7,10-17H2,(H,25,27). The fourth-order valence-electron chi connectivity index (χ4n) is 4.81. The number of hydrogen-bond acceptors (Lipinski definition) is 5. The normalized spacial score (nSPS) is 21.4. The lowest BCUT2D eigenvalue weighted by atomic mass is 9.89. The third-order valence-electron chi connectivity index (χ3n) is 6.65. The first kappa shape index (κ1) is 22.6. The summed E-state index contributed by atoms with van der Waals surface area (Å²) < 4.78 is 11.3. The van der Waals surface area contributed by atoms with E-state index in [-0.39, 0.29) is 18.1 Å². The van der Waals surface area contributed by atoms with Crippen molar-refractivity contribution in [2.24, 2.45) is 11.8 Å². The average molecular weight is 447 g/mol. The number of rotatable bonds is 7. The molecule has 2 saturated heterocycles. The molecule has 1 aromatic carbocycles. The van der Waals surface area contributed by atoms with Gasteiger partial charge in [-0.2, -0.15) is 0 Å². The maximum Gasteiger partial charge on any atom is 0.254 e. The minimum Gasteiger partial charge on any atom is -0.355 e. The molecule has 1 aromatic rings. The van der Waals surface area contributed by atoms with Gasteiger partial charge in [0.15, 0.2) is 6.29 Å². The van der Waals surface area contributed by atoms with Gasteiger partial charge in [0.05, 0.1) is 24.5 Å². The van der Waals surface area contributed by atoms with E-state index in [2.05, 4.69) is 5.32 Å². The van der Waals surface area contributed by atoms with Crippen LogP contribution < -0.4 is 5.32 Å². The van der Waals surface area contributed by atoms with Crippen LogP contribution in [0.1, 0.15) is 55.3 Å². The van der Waals surface area contributed by atoms with Crippen molar-refractivity contribution >= 4 is 23.6 Å². The summed E-state index contributed by atoms with van der Waals surface area (Å²) in [6, 6.07) is 7.65. The first-order valence-electron chi connectivity index (χ1n) is 11.7. The Morgan fingerprint density at radius 1 is 1.00 bits per heavy atom. The van der Waals surface area contributed by atoms with E-state index in [9.17, 15) is 9.59 Å². The van der Waals surface area contributed by atoms with Gasteiger partial charge in [0.1, 0.15) is 0 Å². The van der Waals surface area contributed by atoms with E-state index in [0.29, 0.717) is 49.5 Å². The lowest BCUT2D eigenvalue weighted by Crippen LogP contribution is -2.41. The molecule has 4 rings (SSSR count). The minimum atomic E-state index is -0.104. The highest BCUT2D eigenvalue weighted by Crippen LogP contribution is 2.29. The van der Waals surface area contributed by atoms with Gasteiger partial charge in [0.25, 0.3) is 5.91 Å². The Balaban J connectivity index is 1.26. The van der Waals surface area contributed by atoms with Gasteiger partial charge < -0.3 is 19.7 Å². The topological polar surface area (TPSA) is 67.9 Å². The summed E-state index contributed by atoms with van der Waals surface area (Å²) in [5, 5.41) is 3.09. The van der Waals surface area contributed by atoms with Crippen molar-refractivity contribution in [1.29, 1.82) is 0 Å². The minimum absolute atomic E-state index is 0.0511. The van der Waals surface area contributed by atoms with Crippen LogP contribution in [0.4, 0.5) is 0 Å². The number of hydrogen-bond donors (Lipinski definition) is 1. The maximum absolute atomic E-state index is 13.2. The Bertz CT molecular complexity index is 739. The van der Waals surface area contributed by atoms with Crippen LogP contribution in [0.3, 0.4) is 0 Å². The first-order valence-corrected chi connectivity index (χ1v) is 12.7. The Kier molecular flexibility index (Phi) is 8.27. The summed E-state index contributed by atoms with van der Waals surface area (Å²) in [6.07, 6.45) is 8.02. The zero-order valence-corrected chi connectivity index (χ0v) is 19.0. The van der Waals surface area contributed by atoms with Crippen LogP contribution in [0, 0.1) is 11.8 Å². The number of benzene rings is 1. The van der Waals surface area contributed by atoms with Crippen molar-refractivity contribution in [3.63, 3.8) is 0 Å². The molecule has 0 atom stereocenters. The lowest BCUT2D eigenvalue weighted by molar-refractivity contribution is -0.118. The predicted octanol–water partition coefficient (Wildman–Crippen LogP) is 3.70. The predicted molar refractivity (Wildman–Crippen MR) is 121 cm³/mol. The van der Waals surface area contributed by atoms with E-state index < -0.39 is 0 Å². The molecule has 6 nitrogen and oxygen atoms in total. The Morgan fingerprint density at radius 3 is 2.45 bits per heavy atom. The van der Waals surface area contributed by atoms with Gasteiger partial charge >= 0.3 is 0 Å². The monoisotopic (exact) mass is 446 g/mol. The molecule has 2 heterocycles. The van der Waals surface area contributed by atoms with Crippen molar-refractivity contribution in [3.8, 4) is 0 Å². The first-order chi connectivity index (χ1) is 15.2. The third-order valence-corrected chi connectivity index (χ3v) is 7.72. The summed E-state index contributed by atoms with van der Waals surface area (Å²) in [4.78, 5) is 28.3. The molecule has 0 radical (unpaired) electrons. The van der Waals surface area contributed by atoms with Crippen molar-refractivity contribution in [3.05, 3.63) is 29.8 Å². The molecule has 2 aliphatic heterocycles. The Labute approximate surface area is 189 Å². The molecule has 2 amide bonds. The highest BCUT2D eigenvalue weighted by Gasteiger charge is 2.32. The highest BCUT2D eigenvalue weighted by molar-refractivity contribution is 8.00. The van der Waals surface area contributed by atoms with Crippen LogP contribution in [0.15, 0.2) is 29.2 Å². The van der Waals surface area contributed by atoms with Crippen LogP contribution in [0.5, 0.6) is 0 Å². The van der Waals surface area contributed by atoms with Crippen LogP contribution in [0.25, 0.3) is 0 Å². The molecule has 0 aromatic heterocycles. The second-order valence-corrected chi connectivity index (χ2v) is 9.85. The van der Waals surface area contributed by atoms with Crippen LogP contribution >= 0.6 is 11.8 Å². The van der Waals surface area contributed by atoms with Gasteiger partial charge in [-0.15, -0.1) is 11.8 Å². The molecule has 0 unspecified atom stereocenters. The SMILES string of the molecule is O=C(CSc1ccccc1C(=O)N1CCC(C2OCCO2)CC1)NCC1CCCCC1. The summed E-state index contributed by atoms with van der Waals surface area (Å²) in [6.45, 7) is 3.55. The number of ether oxygens (including phenoxy) is 2. The largest absolute Gasteiger partial charge is 0.355 e. The molecule has 0 bridgehead atoms. The van der Waals surface area contributed by atoms with E-state index in [1.165, 1.54) is 43.9 Å². The Morgan fingerprint density at radius 2 is 1.71 bits per heavy atom. The molecular weight excluding hydrogens is 412 g/mol. The molecule has 3 fully saturated rings. The number of thioether (sulfide) groups is 1. The molecule has 1 aliphatic carbocycles. The number of carbonyl (C=O) groups is 2. The summed E-state index contributed by atoms with van der Waals surface area (Å²) in [7, 11) is 0. The van der Waals surface area contributed by atoms with Gasteiger partial charge in [-0.3, -0.25) is 9.59 Å². The second kappa shape index (κ2) is 11.3. The molecule has 1 saturated carbocycles. The number of nitrogens with one attached hydrogen (secondary N) is 1. The van der Waals surface area contributed by atoms with Gasteiger partial charge in [0, 0.05) is 30.4 Å². The smallest absolute Gasteiger partial charge is 0.254 e. The molecule has 170 valence electrons. The molecular formula is C24H34N2O4S. The zero-order valence-electron chi connectivity index (χ0n) is 18.2. The van der Waals surface area contributed by atoms with E-state index in [4.69, 9.17) is 9.47 Å². The van der Waals surface area contributed by atoms with Gasteiger partial charge in [-0.05, 0) is 43.7 Å². The summed E-state index contributed by atoms with van der Waals surface area (Å²) in [5.41, 5.74) is 0.694. The number of nitrogens with zero attached hydrogens (tertiary/aromatic N) is 1. The van der Waals surface area contributed by atoms with Gasteiger partial charge in [-0.1, -0.05) is 31.4 Å².